The van der Waals surface area contributed by atoms with Crippen molar-refractivity contribution in [1.29, 1.82) is 0 Å². The molecule has 0 heterocycles. The minimum absolute atomic E-state index is 0.0139. The van der Waals surface area contributed by atoms with Gasteiger partial charge in [0.2, 0.25) is 0 Å². The van der Waals surface area contributed by atoms with Gasteiger partial charge in [-0.25, -0.2) is 0 Å². The van der Waals surface area contributed by atoms with Crippen LogP contribution in [0.5, 0.6) is 0 Å². The van der Waals surface area contributed by atoms with Gasteiger partial charge in [0.05, 0.1) is 0 Å². The van der Waals surface area contributed by atoms with Gasteiger partial charge in [-0.15, -0.1) is 0 Å². The van der Waals surface area contributed by atoms with E-state index < -0.39 is 0 Å². The van der Waals surface area contributed by atoms with E-state index in [1.54, 1.807) is 0 Å². The molecule has 0 aliphatic heterocycles. The summed E-state index contributed by atoms with van der Waals surface area (Å²) >= 11 is 0. The molecule has 0 saturated heterocycles. The van der Waals surface area contributed by atoms with Crippen LogP contribution in [0.25, 0.3) is 0 Å². The van der Waals surface area contributed by atoms with Crippen LogP contribution in [0, 0.1) is 0 Å². The van der Waals surface area contributed by atoms with E-state index >= 15 is 0 Å². The summed E-state index contributed by atoms with van der Waals surface area (Å²) in [5.41, 5.74) is 0. The fraction of sp³-hybridized carbons (Fsp3) is 1.00. The first-order chi connectivity index (χ1) is 1.91. The lowest BCUT2D eigenvalue weighted by molar-refractivity contribution is 0.186. The van der Waals surface area contributed by atoms with Crippen LogP contribution in [0.2, 0.25) is 0 Å². The summed E-state index contributed by atoms with van der Waals surface area (Å²) in [6.45, 7) is 0.111. The van der Waals surface area contributed by atoms with Gasteiger partial charge in [-0.2, -0.15) is 0 Å². The highest BCUT2D eigenvalue weighted by molar-refractivity contribution is 4.06. The van der Waals surface area contributed by atoms with Crippen molar-refractivity contribution >= 4 is 0 Å². The fourth-order valence-electron chi connectivity index (χ4n) is 0. The molecule has 0 aliphatic carbocycles. The Morgan fingerprint density at radius 2 is 2.00 bits per heavy atom. The van der Waals surface area contributed by atoms with Crippen molar-refractivity contribution in [2.24, 2.45) is 0 Å². The Balaban J connectivity index is 1.97. The molecule has 0 aromatic rings. The Bertz CT molecular complexity index is 6.00. The van der Waals surface area contributed by atoms with Gasteiger partial charge >= 0.3 is 0 Å². The van der Waals surface area contributed by atoms with Crippen molar-refractivity contribution in [3.05, 3.63) is 0 Å². The van der Waals surface area contributed by atoms with Crippen molar-refractivity contribution in [3.63, 3.8) is 0 Å². The van der Waals surface area contributed by atoms with Crippen LogP contribution in [-0.2, 0) is 0 Å². The Kier molecular flexibility index (Phi) is 2.86. The largest absolute Gasteiger partial charge is 0.444 e. The zero-order valence-electron chi connectivity index (χ0n) is 2.36. The van der Waals surface area contributed by atoms with E-state index in [2.05, 4.69) is 0 Å². The molecule has 0 atom stereocenters. The number of hydrogen-bond acceptors (Lipinski definition) is 1. The van der Waals surface area contributed by atoms with Gasteiger partial charge in [-0.05, 0) is 0 Å². The normalized spacial score (nSPS) is 7.50. The smallest absolute Gasteiger partial charge is 0.167 e. The highest BCUT2D eigenvalue weighted by Crippen LogP contribution is 1.39. The third-order valence-corrected chi connectivity index (χ3v) is 0.112. The van der Waals surface area contributed by atoms with Crippen LogP contribution in [0.4, 0.5) is 0 Å². The maximum absolute atomic E-state index is 7.69. The summed E-state index contributed by atoms with van der Waals surface area (Å²) in [5.74, 6) is 0. The van der Waals surface area contributed by atoms with Gasteiger partial charge in [-0.3, -0.25) is 0 Å². The topological polar surface area (TPSA) is 43.1 Å². The van der Waals surface area contributed by atoms with E-state index in [0.29, 0.717) is 0 Å². The third-order valence-electron chi connectivity index (χ3n) is 0.112. The molecule has 26 valence electrons. The lowest BCUT2D eigenvalue weighted by Gasteiger charge is -1.66. The second-order valence-corrected chi connectivity index (χ2v) is 0.474. The predicted octanol–water partition coefficient (Wildman–Crippen LogP) is -1.30. The summed E-state index contributed by atoms with van der Waals surface area (Å²) in [7, 11) is 0. The molecule has 2 nitrogen and oxygen atoms in total. The van der Waals surface area contributed by atoms with Crippen molar-refractivity contribution in [2.45, 2.75) is 0 Å². The lowest BCUT2D eigenvalue weighted by atomic mass is 10.8. The van der Waals surface area contributed by atoms with E-state index in [1.807, 2.05) is 0 Å². The van der Waals surface area contributed by atoms with E-state index in [0.717, 1.165) is 0 Å². The Morgan fingerprint density at radius 3 is 2.00 bits per heavy atom. The number of rotatable bonds is 1. The molecule has 0 bridgehead atoms. The predicted molar refractivity (Wildman–Crippen MR) is 15.6 cm³/mol. The summed E-state index contributed by atoms with van der Waals surface area (Å²) in [5, 5.41) is 13.9. The number of aliphatic hydroxyl groups excluding tert-OH is 1. The average Bonchev–Trinajstić information content (AvgIpc) is 1.37. The monoisotopic (exact) mass is 63.0 g/mol. The first-order valence-electron chi connectivity index (χ1n) is 1.17. The average molecular weight is 63.1 g/mol. The SMILES string of the molecule is OCC[OH2+]. The molecule has 0 radical (unpaired) electrons. The summed E-state index contributed by atoms with van der Waals surface area (Å²) in [4.78, 5) is 0. The molecule has 0 fully saturated rings. The highest BCUT2D eigenvalue weighted by atomic mass is 16.3. The second-order valence-electron chi connectivity index (χ2n) is 0.474. The van der Waals surface area contributed by atoms with Crippen molar-refractivity contribution in [3.8, 4) is 0 Å². The molecular weight excluding hydrogens is 56.0 g/mol. The van der Waals surface area contributed by atoms with Gasteiger partial charge in [0, 0.05) is 0 Å². The molecule has 3 N–H and O–H groups in total. The minimum atomic E-state index is -0.0139. The van der Waals surface area contributed by atoms with Gasteiger partial charge in [0.1, 0.15) is 6.61 Å². The quantitative estimate of drug-likeness (QED) is 0.378. The summed E-state index contributed by atoms with van der Waals surface area (Å²) in [6, 6.07) is 0. The van der Waals surface area contributed by atoms with Crippen LogP contribution < -0.4 is 0 Å². The summed E-state index contributed by atoms with van der Waals surface area (Å²) in [6.07, 6.45) is 0. The van der Waals surface area contributed by atoms with E-state index in [4.69, 9.17) is 10.2 Å². The van der Waals surface area contributed by atoms with Crippen LogP contribution in [0.1, 0.15) is 0 Å². The van der Waals surface area contributed by atoms with E-state index in [9.17, 15) is 0 Å². The van der Waals surface area contributed by atoms with E-state index in [1.165, 1.54) is 0 Å². The zero-order valence-corrected chi connectivity index (χ0v) is 2.36. The van der Waals surface area contributed by atoms with Gasteiger partial charge < -0.3 is 10.2 Å². The van der Waals surface area contributed by atoms with Crippen LogP contribution in [0.15, 0.2) is 0 Å². The van der Waals surface area contributed by atoms with Crippen molar-refractivity contribution in [2.75, 3.05) is 13.2 Å². The van der Waals surface area contributed by atoms with Gasteiger partial charge in [-0.1, -0.05) is 0 Å². The maximum Gasteiger partial charge on any atom is 0.167 e. The zero-order chi connectivity index (χ0) is 3.41. The first-order valence-corrected chi connectivity index (χ1v) is 1.17. The minimum Gasteiger partial charge on any atom is -0.444 e. The number of aliphatic hydroxyl groups is 1. The molecule has 0 aromatic heterocycles. The van der Waals surface area contributed by atoms with Crippen molar-refractivity contribution < 1.29 is 10.2 Å². The molecule has 2 heteroatoms. The molecule has 0 saturated carbocycles. The van der Waals surface area contributed by atoms with Crippen LogP contribution >= 0.6 is 0 Å². The van der Waals surface area contributed by atoms with Crippen LogP contribution in [-0.4, -0.2) is 23.4 Å². The van der Waals surface area contributed by atoms with Gasteiger partial charge in [0.25, 0.3) is 0 Å². The molecule has 0 amide bonds. The summed E-state index contributed by atoms with van der Waals surface area (Å²) < 4.78 is 0. The maximum atomic E-state index is 7.69. The van der Waals surface area contributed by atoms with Crippen LogP contribution in [0.3, 0.4) is 0 Å². The Labute approximate surface area is 24.7 Å². The molecule has 0 aromatic carbocycles. The second kappa shape index (κ2) is 2.92. The molecule has 0 rings (SSSR count). The molecule has 0 spiro atoms. The van der Waals surface area contributed by atoms with Gasteiger partial charge in [0.15, 0.2) is 6.61 Å². The number of hydrogen-bond donors (Lipinski definition) is 1. The standard InChI is InChI=1S/C2H6O2/c3-1-2-4/h3-4H,1-2H2/p+1. The molecular formula is C2H7O2+. The van der Waals surface area contributed by atoms with E-state index in [-0.39, 0.29) is 13.2 Å². The molecule has 0 aliphatic rings. The lowest BCUT2D eigenvalue weighted by Crippen LogP contribution is -1.85. The molecule has 0 unspecified atom stereocenters. The van der Waals surface area contributed by atoms with Crippen molar-refractivity contribution in [1.82, 2.24) is 0 Å². The Morgan fingerprint density at radius 1 is 1.75 bits per heavy atom. The Hall–Kier alpha value is -0.0800. The first kappa shape index (κ1) is 3.92. The third kappa shape index (κ3) is 1.92. The highest BCUT2D eigenvalue weighted by Gasteiger charge is 1.63. The molecule has 4 heavy (non-hydrogen) atoms. The fourth-order valence-corrected chi connectivity index (χ4v) is 0.